The summed E-state index contributed by atoms with van der Waals surface area (Å²) in [5, 5.41) is 3.10. The highest BCUT2D eigenvalue weighted by atomic mass is 19.1. The lowest BCUT2D eigenvalue weighted by Gasteiger charge is -2.35. The first-order chi connectivity index (χ1) is 11.0. The summed E-state index contributed by atoms with van der Waals surface area (Å²) < 4.78 is 13.4. The molecule has 2 amide bonds. The molecule has 0 bridgehead atoms. The Kier molecular flexibility index (Phi) is 4.37. The molecule has 0 spiro atoms. The van der Waals surface area contributed by atoms with Crippen LogP contribution in [-0.2, 0) is 16.1 Å². The Bertz CT molecular complexity index is 613. The van der Waals surface area contributed by atoms with Gasteiger partial charge in [0, 0.05) is 19.0 Å². The first kappa shape index (κ1) is 16.0. The van der Waals surface area contributed by atoms with Crippen molar-refractivity contribution in [1.29, 1.82) is 0 Å². The van der Waals surface area contributed by atoms with E-state index in [0.717, 1.165) is 25.7 Å². The predicted molar refractivity (Wildman–Crippen MR) is 85.0 cm³/mol. The molecule has 1 aliphatic heterocycles. The van der Waals surface area contributed by atoms with Gasteiger partial charge in [0.25, 0.3) is 0 Å². The number of nitrogens with one attached hydrogen (secondary N) is 1. The minimum Gasteiger partial charge on any atom is -0.351 e. The Labute approximate surface area is 136 Å². The van der Waals surface area contributed by atoms with Crippen molar-refractivity contribution in [3.8, 4) is 0 Å². The molecule has 1 atom stereocenters. The highest BCUT2D eigenvalue weighted by Gasteiger charge is 2.47. The van der Waals surface area contributed by atoms with E-state index < -0.39 is 5.54 Å². The van der Waals surface area contributed by atoms with Crippen molar-refractivity contribution >= 4 is 11.8 Å². The standard InChI is InChI=1S/C18H23FN2O2/c1-18(17(23)20-15-7-2-3-8-15)10-9-16(22)21(18)12-13-5-4-6-14(19)11-13/h4-6,11,15H,2-3,7-10,12H2,1H3,(H,20,23)/t18-/m0/s1. The molecular formula is C18H23FN2O2. The molecule has 2 fully saturated rings. The molecule has 0 aromatic heterocycles. The van der Waals surface area contributed by atoms with E-state index in [-0.39, 0.29) is 30.2 Å². The summed E-state index contributed by atoms with van der Waals surface area (Å²) >= 11 is 0. The second-order valence-corrected chi connectivity index (χ2v) is 6.84. The van der Waals surface area contributed by atoms with Gasteiger partial charge in [-0.25, -0.2) is 4.39 Å². The van der Waals surface area contributed by atoms with Gasteiger partial charge in [0.2, 0.25) is 11.8 Å². The van der Waals surface area contributed by atoms with Gasteiger partial charge < -0.3 is 10.2 Å². The van der Waals surface area contributed by atoms with Crippen molar-refractivity contribution in [2.45, 2.75) is 63.6 Å². The lowest BCUT2D eigenvalue weighted by molar-refractivity contribution is -0.141. The summed E-state index contributed by atoms with van der Waals surface area (Å²) in [4.78, 5) is 26.6. The van der Waals surface area contributed by atoms with E-state index in [1.54, 1.807) is 17.0 Å². The van der Waals surface area contributed by atoms with E-state index in [9.17, 15) is 14.0 Å². The molecule has 23 heavy (non-hydrogen) atoms. The smallest absolute Gasteiger partial charge is 0.245 e. The van der Waals surface area contributed by atoms with Gasteiger partial charge in [0.15, 0.2) is 0 Å². The minimum atomic E-state index is -0.841. The summed E-state index contributed by atoms with van der Waals surface area (Å²) in [5.74, 6) is -0.448. The number of likely N-dealkylation sites (tertiary alicyclic amines) is 1. The van der Waals surface area contributed by atoms with Gasteiger partial charge in [0.05, 0.1) is 0 Å². The molecule has 3 rings (SSSR count). The van der Waals surface area contributed by atoms with Crippen LogP contribution in [0, 0.1) is 5.82 Å². The zero-order valence-corrected chi connectivity index (χ0v) is 13.5. The molecule has 1 saturated carbocycles. The van der Waals surface area contributed by atoms with Crippen LogP contribution >= 0.6 is 0 Å². The Morgan fingerprint density at radius 3 is 2.83 bits per heavy atom. The van der Waals surface area contributed by atoms with E-state index in [2.05, 4.69) is 5.32 Å². The van der Waals surface area contributed by atoms with Gasteiger partial charge in [-0.1, -0.05) is 25.0 Å². The first-order valence-electron chi connectivity index (χ1n) is 8.35. The molecule has 1 heterocycles. The third-order valence-corrected chi connectivity index (χ3v) is 5.13. The highest BCUT2D eigenvalue weighted by molar-refractivity contribution is 5.94. The number of carbonyl (C=O) groups excluding carboxylic acids is 2. The van der Waals surface area contributed by atoms with Crippen molar-refractivity contribution < 1.29 is 14.0 Å². The lowest BCUT2D eigenvalue weighted by atomic mass is 9.96. The molecule has 1 aliphatic carbocycles. The van der Waals surface area contributed by atoms with E-state index in [1.807, 2.05) is 6.92 Å². The summed E-state index contributed by atoms with van der Waals surface area (Å²) in [5.41, 5.74) is -0.133. The fourth-order valence-corrected chi connectivity index (χ4v) is 3.62. The van der Waals surface area contributed by atoms with Gasteiger partial charge in [0.1, 0.15) is 11.4 Å². The Hall–Kier alpha value is -1.91. The molecule has 4 nitrogen and oxygen atoms in total. The van der Waals surface area contributed by atoms with Crippen LogP contribution in [0.4, 0.5) is 4.39 Å². The number of nitrogens with zero attached hydrogens (tertiary/aromatic N) is 1. The number of amides is 2. The van der Waals surface area contributed by atoms with Gasteiger partial charge in [-0.3, -0.25) is 9.59 Å². The molecule has 0 unspecified atom stereocenters. The number of hydrogen-bond acceptors (Lipinski definition) is 2. The number of benzene rings is 1. The van der Waals surface area contributed by atoms with E-state index in [1.165, 1.54) is 12.1 Å². The van der Waals surface area contributed by atoms with E-state index >= 15 is 0 Å². The maximum absolute atomic E-state index is 13.4. The summed E-state index contributed by atoms with van der Waals surface area (Å²) in [6.45, 7) is 2.09. The molecule has 1 N–H and O–H groups in total. The largest absolute Gasteiger partial charge is 0.351 e. The second-order valence-electron chi connectivity index (χ2n) is 6.84. The number of carbonyl (C=O) groups is 2. The summed E-state index contributed by atoms with van der Waals surface area (Å²) in [6, 6.07) is 6.43. The van der Waals surface area contributed by atoms with Crippen LogP contribution < -0.4 is 5.32 Å². The van der Waals surface area contributed by atoms with Crippen molar-refractivity contribution in [3.05, 3.63) is 35.6 Å². The number of hydrogen-bond donors (Lipinski definition) is 1. The average Bonchev–Trinajstić information content (AvgIpc) is 3.12. The maximum Gasteiger partial charge on any atom is 0.245 e. The van der Waals surface area contributed by atoms with Crippen molar-refractivity contribution in [1.82, 2.24) is 10.2 Å². The fourth-order valence-electron chi connectivity index (χ4n) is 3.62. The maximum atomic E-state index is 13.4. The number of halogens is 1. The molecule has 1 aromatic carbocycles. The van der Waals surface area contributed by atoms with E-state index in [4.69, 9.17) is 0 Å². The predicted octanol–water partition coefficient (Wildman–Crippen LogP) is 2.77. The topological polar surface area (TPSA) is 49.4 Å². The molecule has 1 aromatic rings. The fraction of sp³-hybridized carbons (Fsp3) is 0.556. The Morgan fingerprint density at radius 1 is 1.39 bits per heavy atom. The third-order valence-electron chi connectivity index (χ3n) is 5.13. The van der Waals surface area contributed by atoms with Crippen LogP contribution in [-0.4, -0.2) is 28.3 Å². The Morgan fingerprint density at radius 2 is 2.13 bits per heavy atom. The van der Waals surface area contributed by atoms with Gasteiger partial charge in [-0.2, -0.15) is 0 Å². The zero-order chi connectivity index (χ0) is 16.4. The molecule has 1 saturated heterocycles. The highest BCUT2D eigenvalue weighted by Crippen LogP contribution is 2.32. The van der Waals surface area contributed by atoms with Crippen LogP contribution in [0.1, 0.15) is 51.0 Å². The van der Waals surface area contributed by atoms with E-state index in [0.29, 0.717) is 18.4 Å². The van der Waals surface area contributed by atoms with Crippen molar-refractivity contribution in [2.75, 3.05) is 0 Å². The molecule has 0 radical (unpaired) electrons. The molecule has 2 aliphatic rings. The molecule has 5 heteroatoms. The summed E-state index contributed by atoms with van der Waals surface area (Å²) in [7, 11) is 0. The Balaban J connectivity index is 1.76. The SMILES string of the molecule is C[C@@]1(C(=O)NC2CCCC2)CCC(=O)N1Cc1cccc(F)c1. The van der Waals surface area contributed by atoms with Gasteiger partial charge >= 0.3 is 0 Å². The average molecular weight is 318 g/mol. The first-order valence-corrected chi connectivity index (χ1v) is 8.35. The van der Waals surface area contributed by atoms with Gasteiger partial charge in [-0.05, 0) is 43.9 Å². The summed E-state index contributed by atoms with van der Waals surface area (Å²) in [6.07, 6.45) is 5.20. The zero-order valence-electron chi connectivity index (χ0n) is 13.5. The van der Waals surface area contributed by atoms with Crippen LogP contribution in [0.5, 0.6) is 0 Å². The normalized spacial score (nSPS) is 25.1. The molecular weight excluding hydrogens is 295 g/mol. The van der Waals surface area contributed by atoms with Crippen LogP contribution in [0.3, 0.4) is 0 Å². The van der Waals surface area contributed by atoms with Crippen molar-refractivity contribution in [3.63, 3.8) is 0 Å². The van der Waals surface area contributed by atoms with Gasteiger partial charge in [-0.15, -0.1) is 0 Å². The van der Waals surface area contributed by atoms with Crippen LogP contribution in [0.2, 0.25) is 0 Å². The third kappa shape index (κ3) is 3.23. The van der Waals surface area contributed by atoms with Crippen molar-refractivity contribution in [2.24, 2.45) is 0 Å². The van der Waals surface area contributed by atoms with Crippen LogP contribution in [0.25, 0.3) is 0 Å². The molecule has 124 valence electrons. The quantitative estimate of drug-likeness (QED) is 0.928. The minimum absolute atomic E-state index is 0.0432. The van der Waals surface area contributed by atoms with Crippen LogP contribution in [0.15, 0.2) is 24.3 Å². The number of rotatable bonds is 4. The monoisotopic (exact) mass is 318 g/mol. The lowest BCUT2D eigenvalue weighted by Crippen LogP contribution is -2.55. The second kappa shape index (κ2) is 6.30.